The summed E-state index contributed by atoms with van der Waals surface area (Å²) in [4.78, 5) is 32.8. The standard InChI is InChI=1S/C22H31N3O2S/c1-5-6-11-25-21(27)18-9-7-8-10-19(18)23-22(25)28-17(4)20(26)24-13-15(2)12-16(3)14-24/h7-10,15-17H,5-6,11-14H2,1-4H3. The molecule has 0 spiro atoms. The smallest absolute Gasteiger partial charge is 0.262 e. The third-order valence-electron chi connectivity index (χ3n) is 5.37. The van der Waals surface area contributed by atoms with E-state index in [4.69, 9.17) is 4.98 Å². The average molecular weight is 402 g/mol. The van der Waals surface area contributed by atoms with Crippen LogP contribution in [0.2, 0.25) is 0 Å². The molecule has 0 aliphatic carbocycles. The Kier molecular flexibility index (Phi) is 6.81. The fourth-order valence-electron chi connectivity index (χ4n) is 4.06. The second-order valence-electron chi connectivity index (χ2n) is 8.17. The van der Waals surface area contributed by atoms with Crippen LogP contribution in [0.3, 0.4) is 0 Å². The maximum atomic E-state index is 13.1. The van der Waals surface area contributed by atoms with Crippen LogP contribution in [-0.2, 0) is 11.3 Å². The number of benzene rings is 1. The van der Waals surface area contributed by atoms with Gasteiger partial charge in [-0.25, -0.2) is 4.98 Å². The highest BCUT2D eigenvalue weighted by Gasteiger charge is 2.29. The summed E-state index contributed by atoms with van der Waals surface area (Å²) in [7, 11) is 0. The molecule has 0 saturated carbocycles. The monoisotopic (exact) mass is 401 g/mol. The number of unbranched alkanes of at least 4 members (excludes halogenated alkanes) is 1. The van der Waals surface area contributed by atoms with Gasteiger partial charge in [-0.1, -0.05) is 51.1 Å². The van der Waals surface area contributed by atoms with Gasteiger partial charge in [0.25, 0.3) is 5.56 Å². The molecule has 5 nitrogen and oxygen atoms in total. The molecule has 3 atom stereocenters. The molecule has 1 amide bonds. The van der Waals surface area contributed by atoms with Crippen LogP contribution in [0.1, 0.15) is 47.0 Å². The molecule has 1 aromatic heterocycles. The van der Waals surface area contributed by atoms with E-state index in [1.165, 1.54) is 18.2 Å². The Hall–Kier alpha value is -1.82. The number of likely N-dealkylation sites (tertiary alicyclic amines) is 1. The van der Waals surface area contributed by atoms with Crippen LogP contribution in [0.4, 0.5) is 0 Å². The molecular weight excluding hydrogens is 370 g/mol. The Morgan fingerprint density at radius 3 is 2.61 bits per heavy atom. The second kappa shape index (κ2) is 9.12. The molecular formula is C22H31N3O2S. The van der Waals surface area contributed by atoms with Gasteiger partial charge in [0.1, 0.15) is 0 Å². The number of thioether (sulfide) groups is 1. The van der Waals surface area contributed by atoms with Crippen molar-refractivity contribution in [2.24, 2.45) is 11.8 Å². The lowest BCUT2D eigenvalue weighted by Crippen LogP contribution is -2.45. The van der Waals surface area contributed by atoms with E-state index in [0.29, 0.717) is 34.4 Å². The number of piperidine rings is 1. The topological polar surface area (TPSA) is 55.2 Å². The van der Waals surface area contributed by atoms with Crippen LogP contribution in [0.15, 0.2) is 34.2 Å². The number of rotatable bonds is 6. The number of nitrogens with zero attached hydrogens (tertiary/aromatic N) is 3. The third kappa shape index (κ3) is 4.59. The van der Waals surface area contributed by atoms with Gasteiger partial charge in [-0.15, -0.1) is 0 Å². The predicted molar refractivity (Wildman–Crippen MR) is 116 cm³/mol. The van der Waals surface area contributed by atoms with Gasteiger partial charge in [0, 0.05) is 19.6 Å². The van der Waals surface area contributed by atoms with E-state index >= 15 is 0 Å². The third-order valence-corrected chi connectivity index (χ3v) is 6.45. The Morgan fingerprint density at radius 1 is 1.25 bits per heavy atom. The molecule has 2 aromatic rings. The first-order valence-electron chi connectivity index (χ1n) is 10.4. The number of fused-ring (bicyclic) bond motifs is 1. The molecule has 0 N–H and O–H groups in total. The SMILES string of the molecule is CCCCn1c(SC(C)C(=O)N2CC(C)CC(C)C2)nc2ccccc2c1=O. The Labute approximate surface area is 171 Å². The van der Waals surface area contributed by atoms with E-state index in [0.717, 1.165) is 25.9 Å². The molecule has 1 fully saturated rings. The van der Waals surface area contributed by atoms with Gasteiger partial charge in [0.15, 0.2) is 5.16 Å². The van der Waals surface area contributed by atoms with Crippen molar-refractivity contribution in [1.29, 1.82) is 0 Å². The zero-order valence-corrected chi connectivity index (χ0v) is 18.2. The number of hydrogen-bond acceptors (Lipinski definition) is 4. The molecule has 6 heteroatoms. The summed E-state index contributed by atoms with van der Waals surface area (Å²) in [5.74, 6) is 1.21. The molecule has 1 aromatic carbocycles. The summed E-state index contributed by atoms with van der Waals surface area (Å²) in [6.45, 7) is 10.7. The predicted octanol–water partition coefficient (Wildman–Crippen LogP) is 4.18. The number of aromatic nitrogens is 2. The lowest BCUT2D eigenvalue weighted by Gasteiger charge is -2.36. The fraction of sp³-hybridized carbons (Fsp3) is 0.591. The van der Waals surface area contributed by atoms with E-state index in [9.17, 15) is 9.59 Å². The Balaban J connectivity index is 1.87. The summed E-state index contributed by atoms with van der Waals surface area (Å²) in [5, 5.41) is 1.02. The summed E-state index contributed by atoms with van der Waals surface area (Å²) >= 11 is 1.41. The highest BCUT2D eigenvalue weighted by atomic mass is 32.2. The summed E-state index contributed by atoms with van der Waals surface area (Å²) in [6, 6.07) is 7.45. The molecule has 1 saturated heterocycles. The van der Waals surface area contributed by atoms with Crippen molar-refractivity contribution >= 4 is 28.6 Å². The van der Waals surface area contributed by atoms with Gasteiger partial charge in [0.2, 0.25) is 5.91 Å². The Bertz CT molecular complexity index is 885. The minimum absolute atomic E-state index is 0.0126. The Morgan fingerprint density at radius 2 is 1.93 bits per heavy atom. The van der Waals surface area contributed by atoms with E-state index < -0.39 is 0 Å². The van der Waals surface area contributed by atoms with Crippen LogP contribution in [0, 0.1) is 11.8 Å². The van der Waals surface area contributed by atoms with Crippen molar-refractivity contribution in [2.45, 2.75) is 63.9 Å². The first-order chi connectivity index (χ1) is 13.4. The number of para-hydroxylation sites is 1. The zero-order chi connectivity index (χ0) is 20.3. The highest BCUT2D eigenvalue weighted by Crippen LogP contribution is 2.27. The van der Waals surface area contributed by atoms with Gasteiger partial charge in [-0.05, 0) is 43.7 Å². The number of carbonyl (C=O) groups is 1. The van der Waals surface area contributed by atoms with Crippen LogP contribution in [-0.4, -0.2) is 38.7 Å². The van der Waals surface area contributed by atoms with Crippen LogP contribution < -0.4 is 5.56 Å². The summed E-state index contributed by atoms with van der Waals surface area (Å²) in [6.07, 6.45) is 3.09. The largest absolute Gasteiger partial charge is 0.341 e. The van der Waals surface area contributed by atoms with Crippen molar-refractivity contribution in [3.05, 3.63) is 34.6 Å². The van der Waals surface area contributed by atoms with Crippen molar-refractivity contribution in [3.63, 3.8) is 0 Å². The lowest BCUT2D eigenvalue weighted by atomic mass is 9.92. The first-order valence-corrected chi connectivity index (χ1v) is 11.2. The van der Waals surface area contributed by atoms with Gasteiger partial charge >= 0.3 is 0 Å². The van der Waals surface area contributed by atoms with Crippen LogP contribution in [0.25, 0.3) is 10.9 Å². The fourth-order valence-corrected chi connectivity index (χ4v) is 5.08. The van der Waals surface area contributed by atoms with E-state index in [1.54, 1.807) is 4.57 Å². The second-order valence-corrected chi connectivity index (χ2v) is 9.48. The van der Waals surface area contributed by atoms with E-state index in [-0.39, 0.29) is 16.7 Å². The number of carbonyl (C=O) groups excluding carboxylic acids is 1. The van der Waals surface area contributed by atoms with Crippen molar-refractivity contribution < 1.29 is 4.79 Å². The molecule has 1 aliphatic heterocycles. The molecule has 3 rings (SSSR count). The molecule has 0 bridgehead atoms. The average Bonchev–Trinajstić information content (AvgIpc) is 2.66. The van der Waals surface area contributed by atoms with Gasteiger partial charge in [0.05, 0.1) is 16.2 Å². The summed E-state index contributed by atoms with van der Waals surface area (Å²) < 4.78 is 1.75. The molecule has 152 valence electrons. The van der Waals surface area contributed by atoms with Gasteiger partial charge in [-0.2, -0.15) is 0 Å². The van der Waals surface area contributed by atoms with Crippen LogP contribution in [0.5, 0.6) is 0 Å². The molecule has 1 aliphatic rings. The van der Waals surface area contributed by atoms with Gasteiger partial charge in [-0.3, -0.25) is 14.2 Å². The minimum Gasteiger partial charge on any atom is -0.341 e. The highest BCUT2D eigenvalue weighted by molar-refractivity contribution is 8.00. The minimum atomic E-state index is -0.265. The summed E-state index contributed by atoms with van der Waals surface area (Å²) in [5.41, 5.74) is 0.684. The lowest BCUT2D eigenvalue weighted by molar-refractivity contribution is -0.132. The molecule has 28 heavy (non-hydrogen) atoms. The van der Waals surface area contributed by atoms with Crippen molar-refractivity contribution in [2.75, 3.05) is 13.1 Å². The molecule has 0 radical (unpaired) electrons. The van der Waals surface area contributed by atoms with Crippen molar-refractivity contribution in [3.8, 4) is 0 Å². The van der Waals surface area contributed by atoms with Crippen molar-refractivity contribution in [1.82, 2.24) is 14.5 Å². The van der Waals surface area contributed by atoms with E-state index in [1.807, 2.05) is 36.1 Å². The quantitative estimate of drug-likeness (QED) is 0.538. The van der Waals surface area contributed by atoms with E-state index in [2.05, 4.69) is 20.8 Å². The maximum Gasteiger partial charge on any atom is 0.262 e. The molecule has 3 unspecified atom stereocenters. The van der Waals surface area contributed by atoms with Gasteiger partial charge < -0.3 is 4.90 Å². The number of amides is 1. The normalized spacial score (nSPS) is 21.1. The zero-order valence-electron chi connectivity index (χ0n) is 17.4. The maximum absolute atomic E-state index is 13.1. The van der Waals surface area contributed by atoms with Crippen LogP contribution >= 0.6 is 11.8 Å². The first kappa shape index (κ1) is 20.9. The molecule has 2 heterocycles. The number of hydrogen-bond donors (Lipinski definition) is 0.